The van der Waals surface area contributed by atoms with Crippen LogP contribution in [-0.2, 0) is 0 Å². The fourth-order valence-electron chi connectivity index (χ4n) is 1.18. The number of amides is 1. The van der Waals surface area contributed by atoms with Gasteiger partial charge >= 0.3 is 0 Å². The lowest BCUT2D eigenvalue weighted by Crippen LogP contribution is -2.30. The fraction of sp³-hybridized carbons (Fsp3) is 0.444. The van der Waals surface area contributed by atoms with Crippen molar-refractivity contribution in [3.8, 4) is 0 Å². The second-order valence-electron chi connectivity index (χ2n) is 2.68. The number of carbonyl (C=O) groups is 1. The molecule has 0 radical (unpaired) electrons. The molecule has 1 amide bonds. The van der Waals surface area contributed by atoms with E-state index in [0.717, 1.165) is 0 Å². The summed E-state index contributed by atoms with van der Waals surface area (Å²) in [7, 11) is 0. The molecular weight excluding hydrogens is 168 g/mol. The zero-order valence-electron chi connectivity index (χ0n) is 7.91. The maximum Gasteiger partial charge on any atom is 0.259 e. The first-order valence-corrected chi connectivity index (χ1v) is 4.32. The average Bonchev–Trinajstić information content (AvgIpc) is 2.53. The van der Waals surface area contributed by atoms with Crippen molar-refractivity contribution in [3.63, 3.8) is 0 Å². The SMILES string of the molecule is CCN(CC)C(=O)c1ccoc1N. The van der Waals surface area contributed by atoms with Gasteiger partial charge in [-0.3, -0.25) is 4.79 Å². The van der Waals surface area contributed by atoms with Crippen LogP contribution in [0, 0.1) is 0 Å². The molecular formula is C9H14N2O2. The molecule has 0 saturated carbocycles. The third kappa shape index (κ3) is 1.83. The standard InChI is InChI=1S/C9H14N2O2/c1-3-11(4-2)9(12)7-5-6-13-8(7)10/h5-6H,3-4,10H2,1-2H3. The lowest BCUT2D eigenvalue weighted by atomic mass is 10.2. The topological polar surface area (TPSA) is 59.5 Å². The van der Waals surface area contributed by atoms with E-state index in [2.05, 4.69) is 0 Å². The van der Waals surface area contributed by atoms with E-state index in [9.17, 15) is 4.79 Å². The summed E-state index contributed by atoms with van der Waals surface area (Å²) in [6.45, 7) is 5.22. The Kier molecular flexibility index (Phi) is 2.95. The van der Waals surface area contributed by atoms with Gasteiger partial charge in [-0.2, -0.15) is 0 Å². The number of carbonyl (C=O) groups excluding carboxylic acids is 1. The highest BCUT2D eigenvalue weighted by atomic mass is 16.3. The first kappa shape index (κ1) is 9.64. The van der Waals surface area contributed by atoms with Crippen LogP contribution in [0.4, 0.5) is 5.88 Å². The van der Waals surface area contributed by atoms with Crippen LogP contribution in [0.5, 0.6) is 0 Å². The van der Waals surface area contributed by atoms with Crippen LogP contribution in [-0.4, -0.2) is 23.9 Å². The lowest BCUT2D eigenvalue weighted by Gasteiger charge is -2.17. The minimum absolute atomic E-state index is 0.0729. The smallest absolute Gasteiger partial charge is 0.259 e. The minimum Gasteiger partial charge on any atom is -0.448 e. The average molecular weight is 182 g/mol. The van der Waals surface area contributed by atoms with Gasteiger partial charge in [0.05, 0.1) is 6.26 Å². The number of anilines is 1. The molecule has 0 aliphatic carbocycles. The first-order chi connectivity index (χ1) is 6.20. The molecule has 1 rings (SSSR count). The van der Waals surface area contributed by atoms with Gasteiger partial charge in [0.15, 0.2) is 0 Å². The molecule has 0 aliphatic heterocycles. The molecule has 0 bridgehead atoms. The van der Waals surface area contributed by atoms with E-state index >= 15 is 0 Å². The molecule has 0 fully saturated rings. The van der Waals surface area contributed by atoms with Crippen molar-refractivity contribution in [2.45, 2.75) is 13.8 Å². The second kappa shape index (κ2) is 3.98. The van der Waals surface area contributed by atoms with Crippen molar-refractivity contribution in [2.75, 3.05) is 18.8 Å². The number of nitrogens with zero attached hydrogens (tertiary/aromatic N) is 1. The number of furan rings is 1. The Morgan fingerprint density at radius 3 is 2.54 bits per heavy atom. The highest BCUT2D eigenvalue weighted by Crippen LogP contribution is 2.14. The van der Waals surface area contributed by atoms with Gasteiger partial charge in [-0.15, -0.1) is 0 Å². The van der Waals surface area contributed by atoms with Crippen molar-refractivity contribution >= 4 is 11.8 Å². The van der Waals surface area contributed by atoms with E-state index in [-0.39, 0.29) is 11.8 Å². The molecule has 1 aromatic rings. The Morgan fingerprint density at radius 2 is 2.15 bits per heavy atom. The van der Waals surface area contributed by atoms with Crippen LogP contribution in [0.1, 0.15) is 24.2 Å². The highest BCUT2D eigenvalue weighted by molar-refractivity contribution is 5.97. The summed E-state index contributed by atoms with van der Waals surface area (Å²) in [5, 5.41) is 0. The van der Waals surface area contributed by atoms with Gasteiger partial charge in [0.2, 0.25) is 5.88 Å². The van der Waals surface area contributed by atoms with Gasteiger partial charge in [0.25, 0.3) is 5.91 Å². The Hall–Kier alpha value is -1.45. The normalized spacial score (nSPS) is 10.0. The molecule has 0 unspecified atom stereocenters. The monoisotopic (exact) mass is 182 g/mol. The van der Waals surface area contributed by atoms with Gasteiger partial charge < -0.3 is 15.1 Å². The summed E-state index contributed by atoms with van der Waals surface area (Å²) < 4.78 is 4.86. The summed E-state index contributed by atoms with van der Waals surface area (Å²) in [6, 6.07) is 1.59. The van der Waals surface area contributed by atoms with Crippen molar-refractivity contribution in [3.05, 3.63) is 17.9 Å². The lowest BCUT2D eigenvalue weighted by molar-refractivity contribution is 0.0773. The number of hydrogen-bond acceptors (Lipinski definition) is 3. The van der Waals surface area contributed by atoms with Crippen molar-refractivity contribution in [1.82, 2.24) is 4.90 Å². The van der Waals surface area contributed by atoms with E-state index in [4.69, 9.17) is 10.2 Å². The molecule has 0 aliphatic rings. The first-order valence-electron chi connectivity index (χ1n) is 4.32. The van der Waals surface area contributed by atoms with E-state index in [1.807, 2.05) is 13.8 Å². The molecule has 4 nitrogen and oxygen atoms in total. The fourth-order valence-corrected chi connectivity index (χ4v) is 1.18. The van der Waals surface area contributed by atoms with E-state index in [0.29, 0.717) is 18.7 Å². The largest absolute Gasteiger partial charge is 0.448 e. The minimum atomic E-state index is -0.0729. The maximum absolute atomic E-state index is 11.7. The summed E-state index contributed by atoms with van der Waals surface area (Å²) in [4.78, 5) is 13.4. The van der Waals surface area contributed by atoms with Crippen LogP contribution in [0.25, 0.3) is 0 Å². The van der Waals surface area contributed by atoms with Crippen LogP contribution >= 0.6 is 0 Å². The maximum atomic E-state index is 11.7. The molecule has 13 heavy (non-hydrogen) atoms. The number of rotatable bonds is 3. The highest BCUT2D eigenvalue weighted by Gasteiger charge is 2.16. The quantitative estimate of drug-likeness (QED) is 0.767. The Labute approximate surface area is 77.3 Å². The molecule has 72 valence electrons. The van der Waals surface area contributed by atoms with Crippen LogP contribution in [0.2, 0.25) is 0 Å². The number of hydrogen-bond donors (Lipinski definition) is 1. The molecule has 4 heteroatoms. The van der Waals surface area contributed by atoms with Crippen molar-refractivity contribution in [2.24, 2.45) is 0 Å². The van der Waals surface area contributed by atoms with Gasteiger partial charge in [-0.1, -0.05) is 0 Å². The molecule has 1 aromatic heterocycles. The molecule has 0 atom stereocenters. The number of nitrogen functional groups attached to an aromatic ring is 1. The predicted octanol–water partition coefficient (Wildman–Crippen LogP) is 1.34. The van der Waals surface area contributed by atoms with Gasteiger partial charge in [0.1, 0.15) is 5.56 Å². The van der Waals surface area contributed by atoms with Crippen molar-refractivity contribution in [1.29, 1.82) is 0 Å². The molecule has 1 heterocycles. The Morgan fingerprint density at radius 1 is 1.54 bits per heavy atom. The van der Waals surface area contributed by atoms with Crippen LogP contribution < -0.4 is 5.73 Å². The van der Waals surface area contributed by atoms with Gasteiger partial charge in [0, 0.05) is 13.1 Å². The summed E-state index contributed by atoms with van der Waals surface area (Å²) in [6.07, 6.45) is 1.42. The van der Waals surface area contributed by atoms with E-state index in [1.54, 1.807) is 11.0 Å². The summed E-state index contributed by atoms with van der Waals surface area (Å²) >= 11 is 0. The number of nitrogens with two attached hydrogens (primary N) is 1. The Balaban J connectivity index is 2.84. The van der Waals surface area contributed by atoms with Crippen LogP contribution in [0.3, 0.4) is 0 Å². The zero-order chi connectivity index (χ0) is 9.84. The molecule has 2 N–H and O–H groups in total. The molecule has 0 aromatic carbocycles. The molecule has 0 spiro atoms. The third-order valence-electron chi connectivity index (χ3n) is 1.98. The summed E-state index contributed by atoms with van der Waals surface area (Å²) in [5.74, 6) is 0.119. The van der Waals surface area contributed by atoms with Crippen molar-refractivity contribution < 1.29 is 9.21 Å². The third-order valence-corrected chi connectivity index (χ3v) is 1.98. The van der Waals surface area contributed by atoms with E-state index in [1.165, 1.54) is 6.26 Å². The second-order valence-corrected chi connectivity index (χ2v) is 2.68. The predicted molar refractivity (Wildman–Crippen MR) is 50.4 cm³/mol. The summed E-state index contributed by atoms with van der Waals surface area (Å²) in [5.41, 5.74) is 5.92. The molecule has 0 saturated heterocycles. The Bertz CT molecular complexity index is 290. The van der Waals surface area contributed by atoms with E-state index < -0.39 is 0 Å². The van der Waals surface area contributed by atoms with Gasteiger partial charge in [-0.05, 0) is 19.9 Å². The zero-order valence-corrected chi connectivity index (χ0v) is 7.91. The van der Waals surface area contributed by atoms with Crippen LogP contribution in [0.15, 0.2) is 16.7 Å². The van der Waals surface area contributed by atoms with Gasteiger partial charge in [-0.25, -0.2) is 0 Å².